The van der Waals surface area contributed by atoms with E-state index in [9.17, 15) is 13.2 Å². The van der Waals surface area contributed by atoms with Crippen LogP contribution in [0.5, 0.6) is 17.2 Å². The van der Waals surface area contributed by atoms with Gasteiger partial charge in [0.05, 0.1) is 31.9 Å². The molecule has 1 N–H and O–H groups in total. The van der Waals surface area contributed by atoms with Gasteiger partial charge in [0, 0.05) is 12.1 Å². The second kappa shape index (κ2) is 11.1. The summed E-state index contributed by atoms with van der Waals surface area (Å²) in [6.45, 7) is 3.40. The number of amides is 1. The molecule has 1 amide bonds. The van der Waals surface area contributed by atoms with Gasteiger partial charge in [0.15, 0.2) is 11.5 Å². The van der Waals surface area contributed by atoms with Gasteiger partial charge in [-0.3, -0.25) is 9.10 Å². The largest absolute Gasteiger partial charge is 0.493 e. The second-order valence-electron chi connectivity index (χ2n) is 7.88. The predicted molar refractivity (Wildman–Crippen MR) is 135 cm³/mol. The Labute approximate surface area is 206 Å². The van der Waals surface area contributed by atoms with E-state index < -0.39 is 22.5 Å². The summed E-state index contributed by atoms with van der Waals surface area (Å²) in [4.78, 5) is 13.1. The van der Waals surface area contributed by atoms with Crippen LogP contribution in [-0.4, -0.2) is 42.2 Å². The van der Waals surface area contributed by atoms with Crippen molar-refractivity contribution in [1.29, 1.82) is 0 Å². The van der Waals surface area contributed by atoms with Crippen LogP contribution in [0.2, 0.25) is 0 Å². The average molecular weight is 499 g/mol. The van der Waals surface area contributed by atoms with Crippen molar-refractivity contribution >= 4 is 21.6 Å². The van der Waals surface area contributed by atoms with Crippen LogP contribution in [0.4, 0.5) is 5.69 Å². The molecule has 9 heteroatoms. The van der Waals surface area contributed by atoms with E-state index in [1.807, 2.05) is 13.0 Å². The van der Waals surface area contributed by atoms with Gasteiger partial charge in [-0.25, -0.2) is 8.42 Å². The molecule has 3 rings (SSSR count). The van der Waals surface area contributed by atoms with Crippen LogP contribution in [-0.2, 0) is 21.4 Å². The molecule has 3 aromatic carbocycles. The van der Waals surface area contributed by atoms with Gasteiger partial charge < -0.3 is 19.5 Å². The van der Waals surface area contributed by atoms with Crippen molar-refractivity contribution < 1.29 is 27.4 Å². The third-order valence-corrected chi connectivity index (χ3v) is 7.32. The Morgan fingerprint density at radius 3 is 2.11 bits per heavy atom. The number of rotatable bonds is 10. The van der Waals surface area contributed by atoms with Crippen LogP contribution in [0.1, 0.15) is 16.7 Å². The number of carbonyl (C=O) groups excluding carboxylic acids is 1. The number of carbonyl (C=O) groups is 1. The number of hydrogen-bond donors (Lipinski definition) is 1. The van der Waals surface area contributed by atoms with Gasteiger partial charge in [0.2, 0.25) is 11.7 Å². The standard InChI is InChI=1S/C26H30N2O6S/c1-18-10-13-21(14-11-18)35(30,31)28(22-9-7-6-8-19(22)2)17-24(29)27-16-20-12-15-23(32-3)26(34-5)25(20)33-4/h6-15H,16-17H2,1-5H3,(H,27,29). The zero-order valence-corrected chi connectivity index (χ0v) is 21.3. The Morgan fingerprint density at radius 1 is 0.857 bits per heavy atom. The molecular weight excluding hydrogens is 468 g/mol. The summed E-state index contributed by atoms with van der Waals surface area (Å²) in [6, 6.07) is 17.1. The van der Waals surface area contributed by atoms with E-state index in [0.717, 1.165) is 15.4 Å². The highest BCUT2D eigenvalue weighted by Gasteiger charge is 2.28. The van der Waals surface area contributed by atoms with E-state index in [-0.39, 0.29) is 11.4 Å². The molecule has 0 radical (unpaired) electrons. The van der Waals surface area contributed by atoms with Crippen molar-refractivity contribution in [3.63, 3.8) is 0 Å². The molecule has 0 aliphatic carbocycles. The van der Waals surface area contributed by atoms with E-state index in [1.165, 1.54) is 21.3 Å². The highest BCUT2D eigenvalue weighted by Crippen LogP contribution is 2.39. The summed E-state index contributed by atoms with van der Waals surface area (Å²) < 4.78 is 44.4. The molecule has 0 unspecified atom stereocenters. The molecule has 0 fully saturated rings. The van der Waals surface area contributed by atoms with Crippen LogP contribution in [0.15, 0.2) is 65.6 Å². The van der Waals surface area contributed by atoms with Gasteiger partial charge in [-0.05, 0) is 49.7 Å². The van der Waals surface area contributed by atoms with Crippen molar-refractivity contribution in [2.45, 2.75) is 25.3 Å². The van der Waals surface area contributed by atoms with Crippen LogP contribution in [0.25, 0.3) is 0 Å². The van der Waals surface area contributed by atoms with Crippen molar-refractivity contribution in [2.24, 2.45) is 0 Å². The molecular formula is C26H30N2O6S. The normalized spacial score (nSPS) is 11.0. The number of methoxy groups -OCH3 is 3. The molecule has 0 atom stereocenters. The quantitative estimate of drug-likeness (QED) is 0.457. The first kappa shape index (κ1) is 25.9. The average Bonchev–Trinajstić information content (AvgIpc) is 2.86. The Kier molecular flexibility index (Phi) is 8.24. The summed E-state index contributed by atoms with van der Waals surface area (Å²) in [6.07, 6.45) is 0. The summed E-state index contributed by atoms with van der Waals surface area (Å²) in [7, 11) is 0.524. The van der Waals surface area contributed by atoms with Crippen LogP contribution in [0, 0.1) is 13.8 Å². The molecule has 186 valence electrons. The molecule has 35 heavy (non-hydrogen) atoms. The minimum atomic E-state index is -3.99. The van der Waals surface area contributed by atoms with Crippen molar-refractivity contribution in [1.82, 2.24) is 5.32 Å². The lowest BCUT2D eigenvalue weighted by molar-refractivity contribution is -0.119. The van der Waals surface area contributed by atoms with Crippen molar-refractivity contribution in [3.05, 3.63) is 77.4 Å². The molecule has 0 bridgehead atoms. The van der Waals surface area contributed by atoms with Gasteiger partial charge in [-0.1, -0.05) is 35.9 Å². The van der Waals surface area contributed by atoms with E-state index >= 15 is 0 Å². The number of sulfonamides is 1. The van der Waals surface area contributed by atoms with E-state index in [2.05, 4.69) is 5.32 Å². The Balaban J connectivity index is 1.88. The summed E-state index contributed by atoms with van der Waals surface area (Å²) in [5.41, 5.74) is 2.76. The number of hydrogen-bond acceptors (Lipinski definition) is 6. The number of ether oxygens (including phenoxy) is 3. The van der Waals surface area contributed by atoms with Crippen LogP contribution >= 0.6 is 0 Å². The summed E-state index contributed by atoms with van der Waals surface area (Å²) in [5, 5.41) is 2.79. The monoisotopic (exact) mass is 498 g/mol. The fourth-order valence-corrected chi connectivity index (χ4v) is 5.15. The molecule has 0 aromatic heterocycles. The number of aryl methyl sites for hydroxylation is 2. The second-order valence-corrected chi connectivity index (χ2v) is 9.74. The van der Waals surface area contributed by atoms with Crippen molar-refractivity contribution in [2.75, 3.05) is 32.2 Å². The fraction of sp³-hybridized carbons (Fsp3) is 0.269. The van der Waals surface area contributed by atoms with Crippen LogP contribution < -0.4 is 23.8 Å². The maximum atomic E-state index is 13.6. The first-order chi connectivity index (χ1) is 16.7. The minimum Gasteiger partial charge on any atom is -0.493 e. The van der Waals surface area contributed by atoms with Crippen molar-refractivity contribution in [3.8, 4) is 17.2 Å². The topological polar surface area (TPSA) is 94.2 Å². The number of para-hydroxylation sites is 1. The molecule has 0 saturated carbocycles. The van der Waals surface area contributed by atoms with Gasteiger partial charge >= 0.3 is 0 Å². The van der Waals surface area contributed by atoms with Gasteiger partial charge in [-0.2, -0.15) is 0 Å². The Morgan fingerprint density at radius 2 is 1.51 bits per heavy atom. The number of nitrogens with one attached hydrogen (secondary N) is 1. The smallest absolute Gasteiger partial charge is 0.264 e. The Bertz CT molecular complexity index is 1290. The third-order valence-electron chi connectivity index (χ3n) is 5.54. The predicted octanol–water partition coefficient (Wildman–Crippen LogP) is 3.84. The van der Waals surface area contributed by atoms with Gasteiger partial charge in [0.25, 0.3) is 10.0 Å². The first-order valence-electron chi connectivity index (χ1n) is 10.9. The van der Waals surface area contributed by atoms with Gasteiger partial charge in [-0.15, -0.1) is 0 Å². The highest BCUT2D eigenvalue weighted by molar-refractivity contribution is 7.92. The lowest BCUT2D eigenvalue weighted by Crippen LogP contribution is -2.41. The first-order valence-corrected chi connectivity index (χ1v) is 12.4. The molecule has 3 aromatic rings. The van der Waals surface area contributed by atoms with E-state index in [0.29, 0.717) is 28.5 Å². The summed E-state index contributed by atoms with van der Waals surface area (Å²) in [5.74, 6) is 0.857. The maximum absolute atomic E-state index is 13.6. The third kappa shape index (κ3) is 5.68. The van der Waals surface area contributed by atoms with Crippen LogP contribution in [0.3, 0.4) is 0 Å². The lowest BCUT2D eigenvalue weighted by atomic mass is 10.1. The maximum Gasteiger partial charge on any atom is 0.264 e. The molecule has 0 aliphatic rings. The molecule has 0 heterocycles. The molecule has 0 spiro atoms. The zero-order valence-electron chi connectivity index (χ0n) is 20.5. The van der Waals surface area contributed by atoms with E-state index in [4.69, 9.17) is 14.2 Å². The zero-order chi connectivity index (χ0) is 25.6. The van der Waals surface area contributed by atoms with E-state index in [1.54, 1.807) is 61.5 Å². The molecule has 8 nitrogen and oxygen atoms in total. The van der Waals surface area contributed by atoms with Gasteiger partial charge in [0.1, 0.15) is 6.54 Å². The SMILES string of the molecule is COc1ccc(CNC(=O)CN(c2ccccc2C)S(=O)(=O)c2ccc(C)cc2)c(OC)c1OC. The summed E-state index contributed by atoms with van der Waals surface area (Å²) >= 11 is 0. The Hall–Kier alpha value is -3.72. The fourth-order valence-electron chi connectivity index (χ4n) is 3.66. The highest BCUT2D eigenvalue weighted by atomic mass is 32.2. The number of anilines is 1. The lowest BCUT2D eigenvalue weighted by Gasteiger charge is -2.25. The minimum absolute atomic E-state index is 0.106. The molecule has 0 aliphatic heterocycles. The number of nitrogens with zero attached hydrogens (tertiary/aromatic N) is 1. The molecule has 0 saturated heterocycles. The number of benzene rings is 3.